The summed E-state index contributed by atoms with van der Waals surface area (Å²) in [6, 6.07) is 0. The van der Waals surface area contributed by atoms with E-state index in [1.807, 2.05) is 12.2 Å². The number of hydrogen-bond donors (Lipinski definition) is 3. The zero-order valence-corrected chi connectivity index (χ0v) is 33.9. The van der Waals surface area contributed by atoms with E-state index in [0.717, 1.165) is 51.4 Å². The van der Waals surface area contributed by atoms with E-state index >= 15 is 0 Å². The molecule has 0 aromatic carbocycles. The zero-order chi connectivity index (χ0) is 39.1. The van der Waals surface area contributed by atoms with Crippen molar-refractivity contribution in [3.8, 4) is 0 Å². The predicted molar refractivity (Wildman–Crippen MR) is 217 cm³/mol. The Hall–Kier alpha value is -2.55. The molecule has 0 heterocycles. The van der Waals surface area contributed by atoms with Crippen LogP contribution in [-0.2, 0) is 28.2 Å². The van der Waals surface area contributed by atoms with E-state index in [9.17, 15) is 19.3 Å². The van der Waals surface area contributed by atoms with Gasteiger partial charge in [0.25, 0.3) is 0 Å². The molecule has 0 saturated carbocycles. The number of carbonyl (C=O) groups is 2. The number of rotatable bonds is 36. The molecule has 3 N–H and O–H groups in total. The summed E-state index contributed by atoms with van der Waals surface area (Å²) in [7, 11) is -4.81. The van der Waals surface area contributed by atoms with Crippen molar-refractivity contribution in [1.29, 1.82) is 0 Å². The summed E-state index contributed by atoms with van der Waals surface area (Å²) in [5.74, 6) is -1.11. The first-order valence-electron chi connectivity index (χ1n) is 20.3. The van der Waals surface area contributed by atoms with Gasteiger partial charge >= 0.3 is 19.8 Å². The molecule has 0 saturated heterocycles. The number of carbonyl (C=O) groups excluding carboxylic acids is 2. The van der Waals surface area contributed by atoms with E-state index in [2.05, 4.69) is 67.0 Å². The fourth-order valence-corrected chi connectivity index (χ4v) is 5.57. The van der Waals surface area contributed by atoms with Crippen molar-refractivity contribution in [2.45, 2.75) is 174 Å². The summed E-state index contributed by atoms with van der Waals surface area (Å²) in [4.78, 5) is 42.8. The van der Waals surface area contributed by atoms with Crippen LogP contribution < -0.4 is 0 Å². The van der Waals surface area contributed by atoms with Crippen molar-refractivity contribution in [2.75, 3.05) is 13.2 Å². The monoisotopic (exact) mass is 764 g/mol. The number of allylic oxidation sites excluding steroid dienone is 11. The number of aliphatic hydroxyl groups is 1. The molecule has 9 nitrogen and oxygen atoms in total. The Bertz CT molecular complexity index is 1100. The molecule has 53 heavy (non-hydrogen) atoms. The second-order valence-electron chi connectivity index (χ2n) is 13.5. The highest BCUT2D eigenvalue weighted by Crippen LogP contribution is 2.36. The van der Waals surface area contributed by atoms with Gasteiger partial charge in [-0.05, 0) is 77.0 Å². The highest BCUT2D eigenvalue weighted by Gasteiger charge is 2.23. The number of ether oxygens (including phenoxy) is 2. The molecule has 10 heteroatoms. The standard InChI is InChI=1S/C43H73O9P/c1-3-5-7-9-11-13-15-17-18-19-20-22-24-26-28-30-32-36-42(45)50-38-41(39-51-53(47,48)49)52-43(46)37-33-35-40(44)34-31-29-27-25-23-21-16-14-12-10-8-6-4-2/h11,13,17-18,20-23,27,29,31,34,40-41,44H,3-10,12,14-16,19,24-26,28,30,32-33,35-39H2,1-2H3,(H2,47,48,49)/b13-11-,18-17-,22-20-,23-21+,29-27+,34-31+/t40?,41-/m1/s1. The zero-order valence-electron chi connectivity index (χ0n) is 33.0. The van der Waals surface area contributed by atoms with Gasteiger partial charge in [-0.15, -0.1) is 0 Å². The molecule has 0 aromatic rings. The average Bonchev–Trinajstić information content (AvgIpc) is 3.12. The highest BCUT2D eigenvalue weighted by molar-refractivity contribution is 7.46. The Morgan fingerprint density at radius 2 is 1.08 bits per heavy atom. The molecule has 0 spiro atoms. The molecule has 0 aliphatic heterocycles. The summed E-state index contributed by atoms with van der Waals surface area (Å²) >= 11 is 0. The maximum Gasteiger partial charge on any atom is 0.469 e. The molecule has 2 atom stereocenters. The van der Waals surface area contributed by atoms with E-state index in [-0.39, 0.29) is 19.4 Å². The van der Waals surface area contributed by atoms with Gasteiger partial charge in [-0.25, -0.2) is 4.57 Å². The van der Waals surface area contributed by atoms with E-state index < -0.39 is 38.6 Å². The SMILES string of the molecule is CCCCC/C=C\C/C=C\C/C=C\CCCCCCC(=O)OC[C@H](COP(=O)(O)O)OC(=O)CCCC(O)/C=C/C=C/C/C=C/CCCCCCCC. The van der Waals surface area contributed by atoms with Crippen LogP contribution in [0.1, 0.15) is 162 Å². The lowest BCUT2D eigenvalue weighted by Crippen LogP contribution is -2.29. The summed E-state index contributed by atoms with van der Waals surface area (Å²) in [6.07, 6.45) is 45.1. The Morgan fingerprint density at radius 3 is 1.68 bits per heavy atom. The molecular formula is C43H73O9P. The second kappa shape index (κ2) is 37.8. The van der Waals surface area contributed by atoms with E-state index in [4.69, 9.17) is 19.3 Å². The summed E-state index contributed by atoms with van der Waals surface area (Å²) in [6.45, 7) is 3.46. The van der Waals surface area contributed by atoms with E-state index in [1.165, 1.54) is 64.2 Å². The van der Waals surface area contributed by atoms with Crippen LogP contribution in [-0.4, -0.2) is 52.3 Å². The quantitative estimate of drug-likeness (QED) is 0.0187. The van der Waals surface area contributed by atoms with Gasteiger partial charge < -0.3 is 24.4 Å². The van der Waals surface area contributed by atoms with Gasteiger partial charge in [-0.3, -0.25) is 14.1 Å². The lowest BCUT2D eigenvalue weighted by molar-refractivity contribution is -0.161. The van der Waals surface area contributed by atoms with Gasteiger partial charge in [0.2, 0.25) is 0 Å². The Morgan fingerprint density at radius 1 is 0.585 bits per heavy atom. The van der Waals surface area contributed by atoms with Gasteiger partial charge in [-0.2, -0.15) is 0 Å². The fraction of sp³-hybridized carbons (Fsp3) is 0.674. The summed E-state index contributed by atoms with van der Waals surface area (Å²) < 4.78 is 26.2. The topological polar surface area (TPSA) is 140 Å². The summed E-state index contributed by atoms with van der Waals surface area (Å²) in [5, 5.41) is 10.2. The molecule has 0 aromatic heterocycles. The molecule has 1 unspecified atom stereocenters. The average molecular weight is 765 g/mol. The third-order valence-electron chi connectivity index (χ3n) is 8.30. The smallest absolute Gasteiger partial charge is 0.462 e. The van der Waals surface area contributed by atoms with Crippen LogP contribution >= 0.6 is 7.82 Å². The molecule has 0 aliphatic carbocycles. The van der Waals surface area contributed by atoms with Crippen LogP contribution in [0.4, 0.5) is 0 Å². The minimum atomic E-state index is -4.81. The molecular weight excluding hydrogens is 691 g/mol. The van der Waals surface area contributed by atoms with Crippen molar-refractivity contribution < 1.29 is 43.0 Å². The number of unbranched alkanes of at least 4 members (excludes halogenated alkanes) is 13. The Kier molecular flexibility index (Phi) is 35.9. The molecule has 0 radical (unpaired) electrons. The minimum Gasteiger partial charge on any atom is -0.462 e. The third-order valence-corrected chi connectivity index (χ3v) is 8.79. The van der Waals surface area contributed by atoms with Crippen LogP contribution in [0.2, 0.25) is 0 Å². The van der Waals surface area contributed by atoms with Crippen molar-refractivity contribution >= 4 is 19.8 Å². The first kappa shape index (κ1) is 50.5. The van der Waals surface area contributed by atoms with Crippen LogP contribution in [0.5, 0.6) is 0 Å². The minimum absolute atomic E-state index is 0.0206. The lowest BCUT2D eigenvalue weighted by Gasteiger charge is -2.18. The number of esters is 2. The maximum absolute atomic E-state index is 12.4. The van der Waals surface area contributed by atoms with Gasteiger partial charge in [0.05, 0.1) is 12.7 Å². The van der Waals surface area contributed by atoms with E-state index in [0.29, 0.717) is 19.3 Å². The van der Waals surface area contributed by atoms with Crippen LogP contribution in [0, 0.1) is 0 Å². The third kappa shape index (κ3) is 40.5. The highest BCUT2D eigenvalue weighted by atomic mass is 31.2. The van der Waals surface area contributed by atoms with Gasteiger partial charge in [-0.1, -0.05) is 145 Å². The van der Waals surface area contributed by atoms with Crippen molar-refractivity contribution in [3.05, 3.63) is 72.9 Å². The molecule has 0 rings (SSSR count). The van der Waals surface area contributed by atoms with Gasteiger partial charge in [0.15, 0.2) is 6.10 Å². The van der Waals surface area contributed by atoms with Gasteiger partial charge in [0.1, 0.15) is 6.61 Å². The molecule has 0 fully saturated rings. The molecule has 0 aliphatic rings. The molecule has 304 valence electrons. The van der Waals surface area contributed by atoms with Crippen molar-refractivity contribution in [1.82, 2.24) is 0 Å². The van der Waals surface area contributed by atoms with Crippen LogP contribution in [0.3, 0.4) is 0 Å². The number of hydrogen-bond acceptors (Lipinski definition) is 7. The number of phosphoric ester groups is 1. The fourth-order valence-electron chi connectivity index (χ4n) is 5.21. The van der Waals surface area contributed by atoms with Crippen molar-refractivity contribution in [2.24, 2.45) is 0 Å². The van der Waals surface area contributed by atoms with Crippen LogP contribution in [0.25, 0.3) is 0 Å². The second-order valence-corrected chi connectivity index (χ2v) is 14.7. The molecule has 0 bridgehead atoms. The molecule has 0 amide bonds. The van der Waals surface area contributed by atoms with Crippen molar-refractivity contribution in [3.63, 3.8) is 0 Å². The van der Waals surface area contributed by atoms with Gasteiger partial charge in [0, 0.05) is 12.8 Å². The van der Waals surface area contributed by atoms with Crippen LogP contribution in [0.15, 0.2) is 72.9 Å². The Labute approximate surface area is 322 Å². The maximum atomic E-state index is 12.4. The number of phosphoric acid groups is 1. The predicted octanol–water partition coefficient (Wildman–Crippen LogP) is 11.3. The number of aliphatic hydroxyl groups excluding tert-OH is 1. The largest absolute Gasteiger partial charge is 0.469 e. The first-order valence-corrected chi connectivity index (χ1v) is 21.9. The summed E-state index contributed by atoms with van der Waals surface area (Å²) in [5.41, 5.74) is 0. The Balaban J connectivity index is 4.19. The normalized spacial score (nSPS) is 13.8. The lowest BCUT2D eigenvalue weighted by atomic mass is 10.1. The van der Waals surface area contributed by atoms with E-state index in [1.54, 1.807) is 12.2 Å². The first-order chi connectivity index (χ1) is 25.7.